The summed E-state index contributed by atoms with van der Waals surface area (Å²) in [6, 6.07) is 3.64. The predicted octanol–water partition coefficient (Wildman–Crippen LogP) is 3.09. The van der Waals surface area contributed by atoms with E-state index < -0.39 is 12.0 Å². The topological polar surface area (TPSA) is 40.5 Å². The normalized spacial score (nSPS) is 22.1. The molecule has 1 aliphatic rings. The van der Waals surface area contributed by atoms with Crippen LogP contribution in [-0.4, -0.2) is 28.6 Å². The van der Waals surface area contributed by atoms with Crippen molar-refractivity contribution in [1.29, 1.82) is 0 Å². The smallest absolute Gasteiger partial charge is 0.320 e. The molecule has 0 spiro atoms. The van der Waals surface area contributed by atoms with Crippen LogP contribution in [0.2, 0.25) is 5.02 Å². The molecule has 1 aromatic carbocycles. The van der Waals surface area contributed by atoms with E-state index >= 15 is 0 Å². The van der Waals surface area contributed by atoms with Crippen LogP contribution < -0.4 is 0 Å². The summed E-state index contributed by atoms with van der Waals surface area (Å²) in [5.41, 5.74) is 0.770. The van der Waals surface area contributed by atoms with Gasteiger partial charge in [0.25, 0.3) is 0 Å². The number of benzene rings is 1. The second kappa shape index (κ2) is 5.24. The lowest BCUT2D eigenvalue weighted by molar-refractivity contribution is -0.142. The van der Waals surface area contributed by atoms with Crippen molar-refractivity contribution < 1.29 is 14.3 Å². The number of carboxylic acids is 1. The van der Waals surface area contributed by atoms with Crippen LogP contribution >= 0.6 is 11.6 Å². The highest BCUT2D eigenvalue weighted by Crippen LogP contribution is 2.33. The molecule has 2 rings (SSSR count). The molecule has 0 radical (unpaired) electrons. The highest BCUT2D eigenvalue weighted by atomic mass is 35.5. The molecular weight excluding hydrogens is 257 g/mol. The van der Waals surface area contributed by atoms with E-state index in [2.05, 4.69) is 0 Å². The third-order valence-corrected chi connectivity index (χ3v) is 3.82. The zero-order valence-corrected chi connectivity index (χ0v) is 10.8. The van der Waals surface area contributed by atoms with Crippen molar-refractivity contribution >= 4 is 17.6 Å². The van der Waals surface area contributed by atoms with Gasteiger partial charge in [0, 0.05) is 11.1 Å². The zero-order chi connectivity index (χ0) is 13.3. The summed E-state index contributed by atoms with van der Waals surface area (Å²) >= 11 is 6.02. The highest BCUT2D eigenvalue weighted by molar-refractivity contribution is 6.31. The molecule has 0 saturated carbocycles. The van der Waals surface area contributed by atoms with Gasteiger partial charge in [0.15, 0.2) is 0 Å². The fraction of sp³-hybridized carbons (Fsp3) is 0.462. The van der Waals surface area contributed by atoms with Crippen molar-refractivity contribution in [3.05, 3.63) is 34.6 Å². The summed E-state index contributed by atoms with van der Waals surface area (Å²) in [4.78, 5) is 13.1. The van der Waals surface area contributed by atoms with Crippen LogP contribution in [0, 0.1) is 5.82 Å². The predicted molar refractivity (Wildman–Crippen MR) is 67.2 cm³/mol. The van der Waals surface area contributed by atoms with E-state index in [-0.39, 0.29) is 11.9 Å². The summed E-state index contributed by atoms with van der Waals surface area (Å²) in [6.07, 6.45) is 1.51. The molecule has 5 heteroatoms. The Morgan fingerprint density at radius 3 is 2.94 bits per heavy atom. The second-order valence-corrected chi connectivity index (χ2v) is 4.98. The van der Waals surface area contributed by atoms with Crippen LogP contribution in [0.5, 0.6) is 0 Å². The van der Waals surface area contributed by atoms with Crippen molar-refractivity contribution in [3.63, 3.8) is 0 Å². The molecular formula is C13H15ClFNO2. The van der Waals surface area contributed by atoms with E-state index in [9.17, 15) is 9.18 Å². The lowest BCUT2D eigenvalue weighted by Crippen LogP contribution is -2.37. The SMILES string of the molecule is CC(c1ccc(F)cc1Cl)N1CCCC1C(=O)O. The highest BCUT2D eigenvalue weighted by Gasteiger charge is 2.34. The standard InChI is InChI=1S/C13H15ClFNO2/c1-8(10-5-4-9(15)7-11(10)14)16-6-2-3-12(16)13(17)18/h4-5,7-8,12H,2-3,6H2,1H3,(H,17,18). The molecule has 1 heterocycles. The average molecular weight is 272 g/mol. The average Bonchev–Trinajstić information content (AvgIpc) is 2.77. The summed E-state index contributed by atoms with van der Waals surface area (Å²) in [5.74, 6) is -1.19. The summed E-state index contributed by atoms with van der Waals surface area (Å²) < 4.78 is 13.0. The Kier molecular flexibility index (Phi) is 3.88. The van der Waals surface area contributed by atoms with Gasteiger partial charge in [0.1, 0.15) is 11.9 Å². The summed E-state index contributed by atoms with van der Waals surface area (Å²) in [5, 5.41) is 9.50. The maximum Gasteiger partial charge on any atom is 0.320 e. The fourth-order valence-corrected chi connectivity index (χ4v) is 2.86. The lowest BCUT2D eigenvalue weighted by atomic mass is 10.1. The molecule has 0 amide bonds. The first-order valence-corrected chi connectivity index (χ1v) is 6.32. The number of rotatable bonds is 3. The van der Waals surface area contributed by atoms with Crippen LogP contribution in [0.3, 0.4) is 0 Å². The van der Waals surface area contributed by atoms with Crippen molar-refractivity contribution in [2.45, 2.75) is 31.8 Å². The van der Waals surface area contributed by atoms with E-state index in [4.69, 9.17) is 16.7 Å². The fourth-order valence-electron chi connectivity index (χ4n) is 2.54. The van der Waals surface area contributed by atoms with E-state index in [0.717, 1.165) is 18.5 Å². The molecule has 18 heavy (non-hydrogen) atoms. The minimum atomic E-state index is -0.808. The zero-order valence-electron chi connectivity index (χ0n) is 10.1. The van der Waals surface area contributed by atoms with Crippen LogP contribution in [0.4, 0.5) is 4.39 Å². The largest absolute Gasteiger partial charge is 0.480 e. The number of carboxylic acid groups (broad SMARTS) is 1. The van der Waals surface area contributed by atoms with Gasteiger partial charge in [-0.25, -0.2) is 4.39 Å². The number of carbonyl (C=O) groups is 1. The first-order chi connectivity index (χ1) is 8.50. The van der Waals surface area contributed by atoms with Crippen LogP contribution in [0.25, 0.3) is 0 Å². The maximum absolute atomic E-state index is 13.0. The number of halogens is 2. The van der Waals surface area contributed by atoms with Gasteiger partial charge < -0.3 is 5.11 Å². The molecule has 3 nitrogen and oxygen atoms in total. The van der Waals surface area contributed by atoms with Crippen LogP contribution in [-0.2, 0) is 4.79 Å². The number of aliphatic carboxylic acids is 1. The Bertz CT molecular complexity index is 466. The lowest BCUT2D eigenvalue weighted by Gasteiger charge is -2.29. The van der Waals surface area contributed by atoms with Gasteiger partial charge >= 0.3 is 5.97 Å². The molecule has 1 saturated heterocycles. The van der Waals surface area contributed by atoms with Crippen LogP contribution in [0.1, 0.15) is 31.4 Å². The van der Waals surface area contributed by atoms with Crippen molar-refractivity contribution in [2.75, 3.05) is 6.54 Å². The summed E-state index contributed by atoms with van der Waals surface area (Å²) in [6.45, 7) is 2.63. The van der Waals surface area contributed by atoms with Gasteiger partial charge in [0.2, 0.25) is 0 Å². The minimum absolute atomic E-state index is 0.123. The van der Waals surface area contributed by atoms with Crippen molar-refractivity contribution in [1.82, 2.24) is 4.90 Å². The van der Waals surface area contributed by atoms with E-state index in [1.54, 1.807) is 6.07 Å². The number of hydrogen-bond donors (Lipinski definition) is 1. The molecule has 0 bridgehead atoms. The molecule has 98 valence electrons. The molecule has 1 aliphatic heterocycles. The molecule has 2 atom stereocenters. The molecule has 2 unspecified atom stereocenters. The molecule has 1 fully saturated rings. The van der Waals surface area contributed by atoms with Gasteiger partial charge in [-0.05, 0) is 44.0 Å². The van der Waals surface area contributed by atoms with Gasteiger partial charge in [-0.3, -0.25) is 9.69 Å². The monoisotopic (exact) mass is 271 g/mol. The minimum Gasteiger partial charge on any atom is -0.480 e. The number of nitrogens with zero attached hydrogens (tertiary/aromatic N) is 1. The Labute approximate surface area is 110 Å². The Balaban J connectivity index is 2.25. The molecule has 0 aromatic heterocycles. The van der Waals surface area contributed by atoms with Crippen molar-refractivity contribution in [3.8, 4) is 0 Å². The van der Waals surface area contributed by atoms with Gasteiger partial charge in [-0.2, -0.15) is 0 Å². The molecule has 1 aromatic rings. The Morgan fingerprint density at radius 1 is 1.61 bits per heavy atom. The first kappa shape index (κ1) is 13.3. The van der Waals surface area contributed by atoms with Crippen molar-refractivity contribution in [2.24, 2.45) is 0 Å². The van der Waals surface area contributed by atoms with E-state index in [1.807, 2.05) is 11.8 Å². The number of hydrogen-bond acceptors (Lipinski definition) is 2. The van der Waals surface area contributed by atoms with E-state index in [1.165, 1.54) is 12.1 Å². The van der Waals surface area contributed by atoms with Gasteiger partial charge in [0.05, 0.1) is 0 Å². The third-order valence-electron chi connectivity index (χ3n) is 3.49. The quantitative estimate of drug-likeness (QED) is 0.918. The van der Waals surface area contributed by atoms with E-state index in [0.29, 0.717) is 11.4 Å². The number of likely N-dealkylation sites (tertiary alicyclic amines) is 1. The Hall–Kier alpha value is -1.13. The maximum atomic E-state index is 13.0. The van der Waals surface area contributed by atoms with Gasteiger partial charge in [-0.15, -0.1) is 0 Å². The first-order valence-electron chi connectivity index (χ1n) is 5.94. The molecule has 1 N–H and O–H groups in total. The Morgan fingerprint density at radius 2 is 2.33 bits per heavy atom. The third kappa shape index (κ3) is 2.49. The summed E-state index contributed by atoms with van der Waals surface area (Å²) in [7, 11) is 0. The molecule has 0 aliphatic carbocycles. The van der Waals surface area contributed by atoms with Gasteiger partial charge in [-0.1, -0.05) is 17.7 Å². The van der Waals surface area contributed by atoms with Crippen LogP contribution in [0.15, 0.2) is 18.2 Å². The second-order valence-electron chi connectivity index (χ2n) is 4.58.